The normalized spacial score (nSPS) is 10.5. The first-order valence-corrected chi connectivity index (χ1v) is 9.83. The van der Waals surface area contributed by atoms with E-state index in [4.69, 9.17) is 9.47 Å². The largest absolute Gasteiger partial charge is 0.496 e. The number of hydrogen-bond acceptors (Lipinski definition) is 5. The fraction of sp³-hybridized carbons (Fsp3) is 0.182. The van der Waals surface area contributed by atoms with Crippen molar-refractivity contribution in [3.63, 3.8) is 0 Å². The molecular formula is C22H20FNO4S. The van der Waals surface area contributed by atoms with Gasteiger partial charge in [-0.15, -0.1) is 11.3 Å². The third kappa shape index (κ3) is 4.46. The molecule has 0 bridgehead atoms. The molecule has 3 aromatic rings. The fourth-order valence-electron chi connectivity index (χ4n) is 2.86. The monoisotopic (exact) mass is 413 g/mol. The van der Waals surface area contributed by atoms with Crippen molar-refractivity contribution in [2.24, 2.45) is 0 Å². The van der Waals surface area contributed by atoms with Crippen LogP contribution in [0.3, 0.4) is 0 Å². The van der Waals surface area contributed by atoms with Crippen LogP contribution in [0.1, 0.15) is 33.2 Å². The van der Waals surface area contributed by atoms with Crippen molar-refractivity contribution in [3.8, 4) is 16.9 Å². The first-order chi connectivity index (χ1) is 13.9. The molecule has 29 heavy (non-hydrogen) atoms. The van der Waals surface area contributed by atoms with Gasteiger partial charge in [-0.1, -0.05) is 11.6 Å². The van der Waals surface area contributed by atoms with E-state index in [0.29, 0.717) is 16.3 Å². The lowest BCUT2D eigenvalue weighted by Gasteiger charge is -2.12. The van der Waals surface area contributed by atoms with E-state index < -0.39 is 17.7 Å². The Labute approximate surface area is 172 Å². The maximum absolute atomic E-state index is 13.1. The molecule has 0 radical (unpaired) electrons. The van der Waals surface area contributed by atoms with Crippen molar-refractivity contribution in [2.45, 2.75) is 13.8 Å². The first-order valence-electron chi connectivity index (χ1n) is 8.95. The maximum atomic E-state index is 13.1. The quantitative estimate of drug-likeness (QED) is 0.557. The van der Waals surface area contributed by atoms with Crippen LogP contribution in [-0.2, 0) is 4.74 Å². The predicted octanol–water partition coefficient (Wildman–Crippen LogP) is 5.30. The van der Waals surface area contributed by atoms with Gasteiger partial charge in [0, 0.05) is 22.1 Å². The van der Waals surface area contributed by atoms with Gasteiger partial charge in [0.05, 0.1) is 13.7 Å². The number of aryl methyl sites for hydroxylation is 1. The van der Waals surface area contributed by atoms with E-state index in [0.717, 1.165) is 11.1 Å². The van der Waals surface area contributed by atoms with Crippen LogP contribution in [0.5, 0.6) is 5.75 Å². The number of anilines is 1. The van der Waals surface area contributed by atoms with E-state index in [1.54, 1.807) is 19.4 Å². The van der Waals surface area contributed by atoms with Gasteiger partial charge in [0.25, 0.3) is 5.91 Å². The molecule has 0 aliphatic rings. The molecule has 1 amide bonds. The van der Waals surface area contributed by atoms with Gasteiger partial charge in [-0.25, -0.2) is 9.18 Å². The van der Waals surface area contributed by atoms with Gasteiger partial charge in [0.1, 0.15) is 22.1 Å². The zero-order valence-electron chi connectivity index (χ0n) is 16.2. The number of rotatable bonds is 6. The third-order valence-electron chi connectivity index (χ3n) is 4.25. The number of carbonyl (C=O) groups is 2. The summed E-state index contributed by atoms with van der Waals surface area (Å²) in [7, 11) is 1.56. The lowest BCUT2D eigenvalue weighted by atomic mass is 10.0. The molecule has 3 rings (SSSR count). The van der Waals surface area contributed by atoms with Crippen molar-refractivity contribution in [1.29, 1.82) is 0 Å². The van der Waals surface area contributed by atoms with E-state index in [2.05, 4.69) is 5.32 Å². The Balaban J connectivity index is 2.05. The van der Waals surface area contributed by atoms with Gasteiger partial charge in [-0.3, -0.25) is 4.79 Å². The molecule has 5 nitrogen and oxygen atoms in total. The second-order valence-corrected chi connectivity index (χ2v) is 7.12. The molecule has 0 fully saturated rings. The Morgan fingerprint density at radius 2 is 1.83 bits per heavy atom. The van der Waals surface area contributed by atoms with Crippen LogP contribution in [0.15, 0.2) is 47.8 Å². The van der Waals surface area contributed by atoms with Gasteiger partial charge >= 0.3 is 5.97 Å². The van der Waals surface area contributed by atoms with Crippen LogP contribution in [0.25, 0.3) is 11.1 Å². The zero-order chi connectivity index (χ0) is 21.0. The minimum absolute atomic E-state index is 0.199. The number of halogens is 1. The van der Waals surface area contributed by atoms with Gasteiger partial charge in [0.2, 0.25) is 0 Å². The van der Waals surface area contributed by atoms with Crippen molar-refractivity contribution in [3.05, 3.63) is 70.4 Å². The van der Waals surface area contributed by atoms with Gasteiger partial charge < -0.3 is 14.8 Å². The Hall–Kier alpha value is -3.19. The maximum Gasteiger partial charge on any atom is 0.341 e. The summed E-state index contributed by atoms with van der Waals surface area (Å²) in [5.41, 5.74) is 2.89. The standard InChI is InChI=1S/C22H20FNO4S/c1-4-28-22(26)19-17(16-11-13(2)5-10-18(16)27-3)12-29-21(19)24-20(25)14-6-8-15(23)9-7-14/h5-12H,4H2,1-3H3,(H,24,25). The van der Waals surface area contributed by atoms with Crippen LogP contribution < -0.4 is 10.1 Å². The van der Waals surface area contributed by atoms with Gasteiger partial charge in [-0.05, 0) is 50.2 Å². The highest BCUT2D eigenvalue weighted by atomic mass is 32.1. The molecule has 0 saturated heterocycles. The highest BCUT2D eigenvalue weighted by Crippen LogP contribution is 2.40. The molecule has 1 N–H and O–H groups in total. The number of ether oxygens (including phenoxy) is 2. The molecule has 0 saturated carbocycles. The van der Waals surface area contributed by atoms with E-state index in [1.807, 2.05) is 25.1 Å². The molecule has 1 aromatic heterocycles. The number of carbonyl (C=O) groups excluding carboxylic acids is 2. The third-order valence-corrected chi connectivity index (χ3v) is 5.14. The van der Waals surface area contributed by atoms with Crippen LogP contribution in [0.4, 0.5) is 9.39 Å². The lowest BCUT2D eigenvalue weighted by molar-refractivity contribution is 0.0529. The summed E-state index contributed by atoms with van der Waals surface area (Å²) < 4.78 is 23.8. The van der Waals surface area contributed by atoms with Gasteiger partial charge in [0.15, 0.2) is 0 Å². The minimum Gasteiger partial charge on any atom is -0.496 e. The number of thiophene rings is 1. The average molecular weight is 413 g/mol. The number of esters is 1. The molecule has 1 heterocycles. The minimum atomic E-state index is -0.540. The predicted molar refractivity (Wildman–Crippen MR) is 111 cm³/mol. The first kappa shape index (κ1) is 20.5. The number of methoxy groups -OCH3 is 1. The van der Waals surface area contributed by atoms with E-state index in [1.165, 1.54) is 35.6 Å². The van der Waals surface area contributed by atoms with E-state index >= 15 is 0 Å². The van der Waals surface area contributed by atoms with E-state index in [9.17, 15) is 14.0 Å². The highest BCUT2D eigenvalue weighted by molar-refractivity contribution is 7.15. The number of amides is 1. The van der Waals surface area contributed by atoms with Crippen molar-refractivity contribution >= 4 is 28.2 Å². The SMILES string of the molecule is CCOC(=O)c1c(-c2cc(C)ccc2OC)csc1NC(=O)c1ccc(F)cc1. The summed E-state index contributed by atoms with van der Waals surface area (Å²) >= 11 is 1.21. The zero-order valence-corrected chi connectivity index (χ0v) is 17.1. The second-order valence-electron chi connectivity index (χ2n) is 6.24. The van der Waals surface area contributed by atoms with Crippen LogP contribution in [0, 0.1) is 12.7 Å². The summed E-state index contributed by atoms with van der Waals surface area (Å²) in [5, 5.41) is 4.88. The van der Waals surface area contributed by atoms with Crippen LogP contribution >= 0.6 is 11.3 Å². The summed E-state index contributed by atoms with van der Waals surface area (Å²) in [4.78, 5) is 25.3. The van der Waals surface area contributed by atoms with Crippen molar-refractivity contribution < 1.29 is 23.5 Å². The summed E-state index contributed by atoms with van der Waals surface area (Å²) in [6, 6.07) is 10.8. The summed E-state index contributed by atoms with van der Waals surface area (Å²) in [6.45, 7) is 3.86. The average Bonchev–Trinajstić information content (AvgIpc) is 3.12. The Kier molecular flexibility index (Phi) is 6.29. The number of hydrogen-bond donors (Lipinski definition) is 1. The van der Waals surface area contributed by atoms with E-state index in [-0.39, 0.29) is 17.7 Å². The summed E-state index contributed by atoms with van der Waals surface area (Å²) in [5.74, 6) is -0.809. The molecule has 7 heteroatoms. The molecule has 2 aromatic carbocycles. The second kappa shape index (κ2) is 8.87. The van der Waals surface area contributed by atoms with Crippen LogP contribution in [-0.4, -0.2) is 25.6 Å². The van der Waals surface area contributed by atoms with Crippen molar-refractivity contribution in [2.75, 3.05) is 19.0 Å². The molecule has 0 aliphatic carbocycles. The highest BCUT2D eigenvalue weighted by Gasteiger charge is 2.25. The number of benzene rings is 2. The molecule has 0 atom stereocenters. The van der Waals surface area contributed by atoms with Gasteiger partial charge in [-0.2, -0.15) is 0 Å². The molecule has 0 aliphatic heterocycles. The molecule has 150 valence electrons. The van der Waals surface area contributed by atoms with Crippen molar-refractivity contribution in [1.82, 2.24) is 0 Å². The molecule has 0 unspecified atom stereocenters. The fourth-order valence-corrected chi connectivity index (χ4v) is 3.81. The Morgan fingerprint density at radius 3 is 2.48 bits per heavy atom. The summed E-state index contributed by atoms with van der Waals surface area (Å²) in [6.07, 6.45) is 0. The molecule has 0 spiro atoms. The number of nitrogens with one attached hydrogen (secondary N) is 1. The Bertz CT molecular complexity index is 1040. The lowest BCUT2D eigenvalue weighted by Crippen LogP contribution is -2.15. The van der Waals surface area contributed by atoms with Crippen LogP contribution in [0.2, 0.25) is 0 Å². The smallest absolute Gasteiger partial charge is 0.341 e. The molecular weight excluding hydrogens is 393 g/mol. The Morgan fingerprint density at radius 1 is 1.10 bits per heavy atom. The topological polar surface area (TPSA) is 64.6 Å².